The number of carbonyl (C=O) groups excluding carboxylic acids is 2. The predicted molar refractivity (Wildman–Crippen MR) is 134 cm³/mol. The van der Waals surface area contributed by atoms with Crippen molar-refractivity contribution in [1.29, 1.82) is 0 Å². The Morgan fingerprint density at radius 2 is 1.92 bits per heavy atom. The fraction of sp³-hybridized carbons (Fsp3) is 0.346. The molecule has 3 aromatic rings. The molecule has 1 aromatic carbocycles. The highest BCUT2D eigenvalue weighted by molar-refractivity contribution is 6.46. The standard InChI is InChI=1S/C26H29N5O5/c1-4-28(5-2)13-9-15-30-23(18-10-8-11-19(16-18)31(35)36)21(25(33)26(30)34)24(32)22-17(3)27-20-12-6-7-14-29(20)22/h6-8,10-12,14,16,23,32H,4-5,9,13,15H2,1-3H3/b24-21-. The van der Waals surface area contributed by atoms with Crippen molar-refractivity contribution in [3.8, 4) is 0 Å². The van der Waals surface area contributed by atoms with Crippen LogP contribution in [-0.2, 0) is 9.59 Å². The Morgan fingerprint density at radius 3 is 2.61 bits per heavy atom. The van der Waals surface area contributed by atoms with E-state index in [-0.39, 0.29) is 23.6 Å². The number of hydrogen-bond acceptors (Lipinski definition) is 7. The molecule has 0 aliphatic carbocycles. The van der Waals surface area contributed by atoms with Crippen molar-refractivity contribution in [2.75, 3.05) is 26.2 Å². The normalized spacial score (nSPS) is 17.4. The zero-order valence-corrected chi connectivity index (χ0v) is 20.5. The van der Waals surface area contributed by atoms with Crippen molar-refractivity contribution in [3.05, 3.63) is 81.3 Å². The molecule has 1 atom stereocenters. The fourth-order valence-electron chi connectivity index (χ4n) is 4.80. The van der Waals surface area contributed by atoms with E-state index in [2.05, 4.69) is 23.7 Å². The summed E-state index contributed by atoms with van der Waals surface area (Å²) in [5.41, 5.74) is 1.51. The number of nitrogens with zero attached hydrogens (tertiary/aromatic N) is 5. The Bertz CT molecular complexity index is 1360. The summed E-state index contributed by atoms with van der Waals surface area (Å²) in [5, 5.41) is 22.9. The lowest BCUT2D eigenvalue weighted by Gasteiger charge is -2.26. The van der Waals surface area contributed by atoms with Crippen LogP contribution in [0.2, 0.25) is 0 Å². The molecule has 10 heteroatoms. The first-order valence-electron chi connectivity index (χ1n) is 12.0. The molecule has 36 heavy (non-hydrogen) atoms. The number of nitro benzene ring substituents is 1. The van der Waals surface area contributed by atoms with Crippen molar-refractivity contribution < 1.29 is 19.6 Å². The first-order chi connectivity index (χ1) is 17.3. The van der Waals surface area contributed by atoms with Crippen molar-refractivity contribution in [1.82, 2.24) is 19.2 Å². The van der Waals surface area contributed by atoms with E-state index in [0.29, 0.717) is 29.0 Å². The number of aliphatic hydroxyl groups is 1. The van der Waals surface area contributed by atoms with Crippen molar-refractivity contribution in [3.63, 3.8) is 0 Å². The van der Waals surface area contributed by atoms with Crippen LogP contribution in [0.4, 0.5) is 5.69 Å². The smallest absolute Gasteiger partial charge is 0.295 e. The van der Waals surface area contributed by atoms with Crippen molar-refractivity contribution >= 4 is 28.8 Å². The third-order valence-corrected chi connectivity index (χ3v) is 6.63. The Balaban J connectivity index is 1.85. The van der Waals surface area contributed by atoms with Gasteiger partial charge in [-0.05, 0) is 50.7 Å². The summed E-state index contributed by atoms with van der Waals surface area (Å²) in [6.07, 6.45) is 2.32. The number of aromatic nitrogens is 2. The van der Waals surface area contributed by atoms with Crippen LogP contribution >= 0.6 is 0 Å². The second-order valence-corrected chi connectivity index (χ2v) is 8.70. The number of likely N-dealkylation sites (tertiary alicyclic amines) is 1. The van der Waals surface area contributed by atoms with E-state index in [0.717, 1.165) is 19.6 Å². The number of hydrogen-bond donors (Lipinski definition) is 1. The number of amides is 1. The highest BCUT2D eigenvalue weighted by Crippen LogP contribution is 2.40. The summed E-state index contributed by atoms with van der Waals surface area (Å²) in [4.78, 5) is 45.6. The van der Waals surface area contributed by atoms with Gasteiger partial charge in [0.2, 0.25) is 0 Å². The second kappa shape index (κ2) is 10.3. The molecule has 2 aromatic heterocycles. The van der Waals surface area contributed by atoms with Gasteiger partial charge >= 0.3 is 0 Å². The quantitative estimate of drug-likeness (QED) is 0.159. The van der Waals surface area contributed by atoms with Gasteiger partial charge in [-0.2, -0.15) is 0 Å². The predicted octanol–water partition coefficient (Wildman–Crippen LogP) is 3.70. The molecule has 4 rings (SSSR count). The van der Waals surface area contributed by atoms with E-state index >= 15 is 0 Å². The number of aryl methyl sites for hydroxylation is 1. The number of carbonyl (C=O) groups is 2. The summed E-state index contributed by atoms with van der Waals surface area (Å²) in [6.45, 7) is 8.52. The Hall–Kier alpha value is -4.05. The van der Waals surface area contributed by atoms with E-state index in [1.165, 1.54) is 23.1 Å². The Labute approximate surface area is 208 Å². The molecule has 1 fully saturated rings. The van der Waals surface area contributed by atoms with Gasteiger partial charge in [0, 0.05) is 24.9 Å². The van der Waals surface area contributed by atoms with Gasteiger partial charge < -0.3 is 14.9 Å². The van der Waals surface area contributed by atoms with Gasteiger partial charge in [-0.3, -0.25) is 24.1 Å². The maximum Gasteiger partial charge on any atom is 0.295 e. The summed E-state index contributed by atoms with van der Waals surface area (Å²) in [5.74, 6) is -1.91. The molecule has 10 nitrogen and oxygen atoms in total. The average molecular weight is 492 g/mol. The Kier molecular flexibility index (Phi) is 7.16. The summed E-state index contributed by atoms with van der Waals surface area (Å²) in [7, 11) is 0. The first-order valence-corrected chi connectivity index (χ1v) is 12.0. The SMILES string of the molecule is CCN(CC)CCCN1C(=O)C(=O)/C(=C(\O)c2c(C)nc3ccccn23)C1c1cccc([N+](=O)[O-])c1. The minimum absolute atomic E-state index is 0.0999. The van der Waals surface area contributed by atoms with Crippen LogP contribution in [0.25, 0.3) is 11.4 Å². The van der Waals surface area contributed by atoms with Crippen LogP contribution in [-0.4, -0.2) is 67.1 Å². The molecule has 1 saturated heterocycles. The summed E-state index contributed by atoms with van der Waals surface area (Å²) >= 11 is 0. The van der Waals surface area contributed by atoms with Gasteiger partial charge in [-0.25, -0.2) is 4.98 Å². The van der Waals surface area contributed by atoms with E-state index in [1.807, 2.05) is 6.07 Å². The van der Waals surface area contributed by atoms with E-state index in [4.69, 9.17) is 0 Å². The van der Waals surface area contributed by atoms with Gasteiger partial charge in [0.1, 0.15) is 11.3 Å². The van der Waals surface area contributed by atoms with Gasteiger partial charge in [0.05, 0.1) is 22.2 Å². The van der Waals surface area contributed by atoms with E-state index in [9.17, 15) is 24.8 Å². The van der Waals surface area contributed by atoms with Crippen LogP contribution < -0.4 is 0 Å². The number of nitro groups is 1. The molecular formula is C26H29N5O5. The number of non-ortho nitro benzene ring substituents is 1. The van der Waals surface area contributed by atoms with Gasteiger partial charge in [0.15, 0.2) is 5.76 Å². The zero-order valence-electron chi connectivity index (χ0n) is 20.5. The van der Waals surface area contributed by atoms with Crippen LogP contribution in [0.5, 0.6) is 0 Å². The molecule has 1 aliphatic heterocycles. The number of rotatable bonds is 9. The van der Waals surface area contributed by atoms with Gasteiger partial charge in [-0.15, -0.1) is 0 Å². The summed E-state index contributed by atoms with van der Waals surface area (Å²) in [6, 6.07) is 10.2. The molecular weight excluding hydrogens is 462 g/mol. The maximum absolute atomic E-state index is 13.3. The van der Waals surface area contributed by atoms with E-state index < -0.39 is 22.7 Å². The lowest BCUT2D eigenvalue weighted by molar-refractivity contribution is -0.384. The van der Waals surface area contributed by atoms with Gasteiger partial charge in [-0.1, -0.05) is 32.0 Å². The first kappa shape index (κ1) is 25.1. The van der Waals surface area contributed by atoms with Gasteiger partial charge in [0.25, 0.3) is 17.4 Å². The minimum Gasteiger partial charge on any atom is -0.505 e. The molecule has 0 bridgehead atoms. The molecule has 1 N–H and O–H groups in total. The molecule has 0 radical (unpaired) electrons. The highest BCUT2D eigenvalue weighted by Gasteiger charge is 2.46. The minimum atomic E-state index is -0.963. The fourth-order valence-corrected chi connectivity index (χ4v) is 4.80. The van der Waals surface area contributed by atoms with Crippen LogP contribution in [0.3, 0.4) is 0 Å². The number of Topliss-reactive ketones (excluding diaryl/α,β-unsaturated/α-hetero) is 1. The number of fused-ring (bicyclic) bond motifs is 1. The van der Waals surface area contributed by atoms with E-state index in [1.54, 1.807) is 35.7 Å². The van der Waals surface area contributed by atoms with Crippen molar-refractivity contribution in [2.24, 2.45) is 0 Å². The molecule has 1 amide bonds. The maximum atomic E-state index is 13.3. The molecule has 1 aliphatic rings. The number of imidazole rings is 1. The van der Waals surface area contributed by atoms with Crippen LogP contribution in [0.1, 0.15) is 43.3 Å². The molecule has 1 unspecified atom stereocenters. The number of pyridine rings is 1. The lowest BCUT2D eigenvalue weighted by atomic mass is 9.96. The molecule has 3 heterocycles. The molecule has 188 valence electrons. The average Bonchev–Trinajstić information content (AvgIpc) is 3.34. The summed E-state index contributed by atoms with van der Waals surface area (Å²) < 4.78 is 1.66. The number of benzene rings is 1. The Morgan fingerprint density at radius 1 is 1.17 bits per heavy atom. The number of aliphatic hydroxyl groups excluding tert-OH is 1. The topological polar surface area (TPSA) is 121 Å². The third-order valence-electron chi connectivity index (χ3n) is 6.63. The third kappa shape index (κ3) is 4.47. The van der Waals surface area contributed by atoms with Crippen molar-refractivity contribution in [2.45, 2.75) is 33.2 Å². The van der Waals surface area contributed by atoms with Crippen LogP contribution in [0.15, 0.2) is 54.2 Å². The van der Waals surface area contributed by atoms with Crippen LogP contribution in [0, 0.1) is 17.0 Å². The largest absolute Gasteiger partial charge is 0.505 e. The monoisotopic (exact) mass is 491 g/mol. The zero-order chi connectivity index (χ0) is 26.0. The molecule has 0 spiro atoms. The highest BCUT2D eigenvalue weighted by atomic mass is 16.6. The number of ketones is 1. The second-order valence-electron chi connectivity index (χ2n) is 8.70. The lowest BCUT2D eigenvalue weighted by Crippen LogP contribution is -2.33. The molecule has 0 saturated carbocycles.